The van der Waals surface area contributed by atoms with Crippen LogP contribution in [0.4, 0.5) is 4.79 Å². The van der Waals surface area contributed by atoms with Gasteiger partial charge in [-0.05, 0) is 48.4 Å². The van der Waals surface area contributed by atoms with E-state index in [0.29, 0.717) is 5.56 Å². The van der Waals surface area contributed by atoms with Crippen molar-refractivity contribution in [3.05, 3.63) is 47.5 Å². The van der Waals surface area contributed by atoms with Gasteiger partial charge in [0, 0.05) is 5.56 Å². The van der Waals surface area contributed by atoms with Crippen LogP contribution in [0.2, 0.25) is 0 Å². The highest BCUT2D eigenvalue weighted by atomic mass is 16.7. The quantitative estimate of drug-likeness (QED) is 0.470. The monoisotopic (exact) mass is 342 g/mol. The van der Waals surface area contributed by atoms with Gasteiger partial charge in [-0.25, -0.2) is 4.79 Å². The van der Waals surface area contributed by atoms with Gasteiger partial charge in [-0.1, -0.05) is 57.0 Å². The zero-order valence-electron chi connectivity index (χ0n) is 14.9. The minimum Gasteiger partial charge on any atom is -0.504 e. The third kappa shape index (κ3) is 4.75. The summed E-state index contributed by atoms with van der Waals surface area (Å²) in [5, 5.41) is 19.7. The van der Waals surface area contributed by atoms with Crippen molar-refractivity contribution in [1.82, 2.24) is 0 Å². The van der Waals surface area contributed by atoms with Crippen LogP contribution in [-0.4, -0.2) is 16.4 Å². The molecule has 0 radical (unpaired) electrons. The van der Waals surface area contributed by atoms with Crippen molar-refractivity contribution >= 4 is 6.16 Å². The maximum atomic E-state index is 11.0. The van der Waals surface area contributed by atoms with Crippen molar-refractivity contribution in [2.45, 2.75) is 52.4 Å². The van der Waals surface area contributed by atoms with E-state index >= 15 is 0 Å². The topological polar surface area (TPSA) is 66.8 Å². The first-order valence-corrected chi connectivity index (χ1v) is 8.92. The molecule has 0 aromatic heterocycles. The minimum atomic E-state index is -1.42. The molecule has 0 saturated heterocycles. The summed E-state index contributed by atoms with van der Waals surface area (Å²) in [5.41, 5.74) is 3.72. The van der Waals surface area contributed by atoms with Crippen LogP contribution in [0.1, 0.15) is 50.7 Å². The van der Waals surface area contributed by atoms with Gasteiger partial charge >= 0.3 is 6.16 Å². The summed E-state index contributed by atoms with van der Waals surface area (Å²) in [6.07, 6.45) is 4.38. The number of hydrogen-bond acceptors (Lipinski definition) is 3. The second kappa shape index (κ2) is 9.11. The third-order valence-corrected chi connectivity index (χ3v) is 4.30. The highest BCUT2D eigenvalue weighted by molar-refractivity contribution is 5.79. The molecule has 2 aromatic rings. The number of aromatic hydroxyl groups is 1. The van der Waals surface area contributed by atoms with Gasteiger partial charge in [-0.3, -0.25) is 0 Å². The van der Waals surface area contributed by atoms with E-state index in [1.165, 1.54) is 0 Å². The third-order valence-electron chi connectivity index (χ3n) is 4.30. The van der Waals surface area contributed by atoms with Crippen molar-refractivity contribution in [3.8, 4) is 22.6 Å². The van der Waals surface area contributed by atoms with Crippen LogP contribution in [0.15, 0.2) is 36.4 Å². The van der Waals surface area contributed by atoms with Gasteiger partial charge in [0.1, 0.15) is 0 Å². The van der Waals surface area contributed by atoms with Gasteiger partial charge in [0.25, 0.3) is 0 Å². The zero-order chi connectivity index (χ0) is 18.2. The number of ether oxygens (including phenoxy) is 1. The first-order chi connectivity index (χ1) is 12.1. The summed E-state index contributed by atoms with van der Waals surface area (Å²) in [6.45, 7) is 4.26. The molecular formula is C21H26O4. The summed E-state index contributed by atoms with van der Waals surface area (Å²) in [4.78, 5) is 11.0. The second-order valence-electron chi connectivity index (χ2n) is 6.18. The molecule has 0 aliphatic rings. The second-order valence-corrected chi connectivity index (χ2v) is 6.18. The number of rotatable bonds is 8. The highest BCUT2D eigenvalue weighted by Gasteiger charge is 2.21. The number of benzene rings is 2. The fourth-order valence-electron chi connectivity index (χ4n) is 3.06. The molecule has 0 unspecified atom stereocenters. The van der Waals surface area contributed by atoms with E-state index in [1.807, 2.05) is 30.3 Å². The van der Waals surface area contributed by atoms with Gasteiger partial charge in [-0.2, -0.15) is 0 Å². The van der Waals surface area contributed by atoms with Crippen LogP contribution in [-0.2, 0) is 12.8 Å². The molecule has 4 heteroatoms. The van der Waals surface area contributed by atoms with Gasteiger partial charge < -0.3 is 14.9 Å². The van der Waals surface area contributed by atoms with Crippen LogP contribution in [0.3, 0.4) is 0 Å². The van der Waals surface area contributed by atoms with Crippen molar-refractivity contribution in [1.29, 1.82) is 0 Å². The maximum absolute atomic E-state index is 11.0. The van der Waals surface area contributed by atoms with Crippen LogP contribution in [0.5, 0.6) is 11.5 Å². The summed E-state index contributed by atoms with van der Waals surface area (Å²) in [5.74, 6) is -0.0855. The number of phenols is 1. The molecule has 134 valence electrons. The molecule has 0 saturated carbocycles. The smallest absolute Gasteiger partial charge is 0.504 e. The molecule has 4 nitrogen and oxygen atoms in total. The van der Waals surface area contributed by atoms with E-state index in [2.05, 4.69) is 13.8 Å². The molecule has 0 aliphatic carbocycles. The molecule has 2 N–H and O–H groups in total. The average molecular weight is 342 g/mol. The molecule has 0 amide bonds. The average Bonchev–Trinajstić information content (AvgIpc) is 2.60. The van der Waals surface area contributed by atoms with Gasteiger partial charge in [0.05, 0.1) is 0 Å². The molecule has 0 spiro atoms. The van der Waals surface area contributed by atoms with E-state index in [9.17, 15) is 9.90 Å². The lowest BCUT2D eigenvalue weighted by atomic mass is 9.88. The van der Waals surface area contributed by atoms with Crippen LogP contribution < -0.4 is 4.74 Å². The number of phenolic OH excluding ortho intramolecular Hbond substituents is 1. The minimum absolute atomic E-state index is 0.0118. The lowest BCUT2D eigenvalue weighted by Crippen LogP contribution is -2.06. The Morgan fingerprint density at radius 1 is 1.04 bits per heavy atom. The Hall–Kier alpha value is -2.49. The number of hydrogen-bond donors (Lipinski definition) is 2. The van der Waals surface area contributed by atoms with E-state index in [4.69, 9.17) is 9.84 Å². The molecule has 0 bridgehead atoms. The lowest BCUT2D eigenvalue weighted by Gasteiger charge is -2.19. The van der Waals surface area contributed by atoms with Gasteiger partial charge in [0.2, 0.25) is 0 Å². The van der Waals surface area contributed by atoms with Crippen molar-refractivity contribution in [2.75, 3.05) is 0 Å². The molecule has 0 atom stereocenters. The summed E-state index contributed by atoms with van der Waals surface area (Å²) < 4.78 is 4.85. The molecule has 0 heterocycles. The van der Waals surface area contributed by atoms with Crippen LogP contribution in [0, 0.1) is 0 Å². The summed E-state index contributed by atoms with van der Waals surface area (Å²) in [6, 6.07) is 11.3. The Morgan fingerprint density at radius 3 is 2.28 bits per heavy atom. The Balaban J connectivity index is 2.66. The van der Waals surface area contributed by atoms with Gasteiger partial charge in [-0.15, -0.1) is 0 Å². The lowest BCUT2D eigenvalue weighted by molar-refractivity contribution is 0.143. The Kier molecular flexibility index (Phi) is 6.87. The number of carboxylic acid groups (broad SMARTS) is 1. The summed E-state index contributed by atoms with van der Waals surface area (Å²) >= 11 is 0. The molecule has 0 fully saturated rings. The van der Waals surface area contributed by atoms with Crippen molar-refractivity contribution in [3.63, 3.8) is 0 Å². The fraction of sp³-hybridized carbons (Fsp3) is 0.381. The SMILES string of the molecule is CCCCc1cc(OC(=O)O)c(O)c(-c2ccccc2)c1CCCC. The standard InChI is InChI=1S/C21H26O4/c1-3-5-10-16-14-18(25-21(23)24)20(22)19(17(16)13-6-4-2)15-11-8-7-9-12-15/h7-9,11-12,14,22H,3-6,10,13H2,1-2H3,(H,23,24). The highest BCUT2D eigenvalue weighted by Crippen LogP contribution is 2.43. The normalized spacial score (nSPS) is 10.6. The van der Waals surface area contributed by atoms with E-state index < -0.39 is 6.16 Å². The predicted octanol–water partition coefficient (Wildman–Crippen LogP) is 5.80. The number of unbranched alkanes of at least 4 members (excludes halogenated alkanes) is 2. The fourth-order valence-corrected chi connectivity index (χ4v) is 3.06. The molecule has 2 aromatic carbocycles. The predicted molar refractivity (Wildman–Crippen MR) is 99.4 cm³/mol. The maximum Gasteiger partial charge on any atom is 0.511 e. The molecule has 25 heavy (non-hydrogen) atoms. The largest absolute Gasteiger partial charge is 0.511 e. The number of carbonyl (C=O) groups is 1. The van der Waals surface area contributed by atoms with Crippen molar-refractivity contribution in [2.24, 2.45) is 0 Å². The van der Waals surface area contributed by atoms with E-state index in [0.717, 1.165) is 55.2 Å². The molecule has 2 rings (SSSR count). The first-order valence-electron chi connectivity index (χ1n) is 8.92. The Labute approximate surface area is 149 Å². The number of aryl methyl sites for hydroxylation is 1. The van der Waals surface area contributed by atoms with E-state index in [1.54, 1.807) is 6.07 Å². The first kappa shape index (κ1) is 18.8. The van der Waals surface area contributed by atoms with Crippen LogP contribution >= 0.6 is 0 Å². The Bertz CT molecular complexity index is 708. The zero-order valence-corrected chi connectivity index (χ0v) is 14.9. The van der Waals surface area contributed by atoms with Crippen molar-refractivity contribution < 1.29 is 19.7 Å². The molecular weight excluding hydrogens is 316 g/mol. The Morgan fingerprint density at radius 2 is 1.68 bits per heavy atom. The van der Waals surface area contributed by atoms with Gasteiger partial charge in [0.15, 0.2) is 11.5 Å². The molecule has 0 aliphatic heterocycles. The van der Waals surface area contributed by atoms with E-state index in [-0.39, 0.29) is 11.5 Å². The summed E-state index contributed by atoms with van der Waals surface area (Å²) in [7, 11) is 0. The van der Waals surface area contributed by atoms with Crippen LogP contribution in [0.25, 0.3) is 11.1 Å².